The molecule has 1 saturated carbocycles. The van der Waals surface area contributed by atoms with Crippen LogP contribution in [0.15, 0.2) is 6.07 Å². The van der Waals surface area contributed by atoms with Gasteiger partial charge in [0.15, 0.2) is 0 Å². The van der Waals surface area contributed by atoms with Gasteiger partial charge in [-0.2, -0.15) is 5.10 Å². The first-order chi connectivity index (χ1) is 7.24. The summed E-state index contributed by atoms with van der Waals surface area (Å²) >= 11 is 0. The maximum Gasteiger partial charge on any atom is 0.0596 e. The summed E-state index contributed by atoms with van der Waals surface area (Å²) in [6, 6.07) is 2.86. The predicted molar refractivity (Wildman–Crippen MR) is 61.9 cm³/mol. The Bertz CT molecular complexity index is 326. The van der Waals surface area contributed by atoms with E-state index in [0.717, 1.165) is 24.6 Å². The first-order valence-corrected chi connectivity index (χ1v) is 5.95. The van der Waals surface area contributed by atoms with Gasteiger partial charge in [0.2, 0.25) is 0 Å². The van der Waals surface area contributed by atoms with E-state index in [0.29, 0.717) is 6.04 Å². The molecule has 1 aliphatic carbocycles. The summed E-state index contributed by atoms with van der Waals surface area (Å²) in [5, 5.41) is 7.92. The summed E-state index contributed by atoms with van der Waals surface area (Å²) in [6.07, 6.45) is 3.91. The molecule has 1 N–H and O–H groups in total. The Balaban J connectivity index is 2.07. The molecule has 3 nitrogen and oxygen atoms in total. The average Bonchev–Trinajstić information content (AvgIpc) is 2.99. The van der Waals surface area contributed by atoms with E-state index in [4.69, 9.17) is 0 Å². The van der Waals surface area contributed by atoms with Gasteiger partial charge < -0.3 is 5.32 Å². The van der Waals surface area contributed by atoms with Crippen LogP contribution >= 0.6 is 0 Å². The van der Waals surface area contributed by atoms with E-state index >= 15 is 0 Å². The van der Waals surface area contributed by atoms with E-state index in [1.165, 1.54) is 18.5 Å². The van der Waals surface area contributed by atoms with Crippen molar-refractivity contribution in [1.82, 2.24) is 15.1 Å². The summed E-state index contributed by atoms with van der Waals surface area (Å²) in [6.45, 7) is 5.20. The lowest BCUT2D eigenvalue weighted by Crippen LogP contribution is -2.30. The fraction of sp³-hybridized carbons (Fsp3) is 0.750. The maximum atomic E-state index is 4.49. The van der Waals surface area contributed by atoms with Crippen molar-refractivity contribution in [3.8, 4) is 0 Å². The van der Waals surface area contributed by atoms with Gasteiger partial charge in [-0.25, -0.2) is 0 Å². The summed E-state index contributed by atoms with van der Waals surface area (Å²) in [5.41, 5.74) is 2.51. The molecule has 1 atom stereocenters. The standard InChI is InChI=1S/C12H21N3/c1-4-15-11(7-9(2)14-15)8-12(13-3)10-5-6-10/h7,10,12-13H,4-6,8H2,1-3H3. The zero-order valence-electron chi connectivity index (χ0n) is 9.95. The van der Waals surface area contributed by atoms with Crippen molar-refractivity contribution in [2.75, 3.05) is 7.05 Å². The van der Waals surface area contributed by atoms with E-state index in [-0.39, 0.29) is 0 Å². The van der Waals surface area contributed by atoms with Crippen LogP contribution in [-0.4, -0.2) is 22.9 Å². The van der Waals surface area contributed by atoms with E-state index < -0.39 is 0 Å². The van der Waals surface area contributed by atoms with Crippen LogP contribution in [0.5, 0.6) is 0 Å². The Morgan fingerprint density at radius 3 is 2.87 bits per heavy atom. The topological polar surface area (TPSA) is 29.9 Å². The quantitative estimate of drug-likeness (QED) is 0.797. The Kier molecular flexibility index (Phi) is 3.10. The third kappa shape index (κ3) is 2.40. The van der Waals surface area contributed by atoms with Gasteiger partial charge in [0.1, 0.15) is 0 Å². The van der Waals surface area contributed by atoms with E-state index in [1.54, 1.807) is 0 Å². The largest absolute Gasteiger partial charge is 0.316 e. The van der Waals surface area contributed by atoms with Crippen LogP contribution in [0.2, 0.25) is 0 Å². The van der Waals surface area contributed by atoms with Crippen LogP contribution < -0.4 is 5.32 Å². The highest BCUT2D eigenvalue weighted by atomic mass is 15.3. The molecule has 1 unspecified atom stereocenters. The van der Waals surface area contributed by atoms with Gasteiger partial charge in [0, 0.05) is 24.7 Å². The van der Waals surface area contributed by atoms with E-state index in [9.17, 15) is 0 Å². The minimum Gasteiger partial charge on any atom is -0.316 e. The van der Waals surface area contributed by atoms with Gasteiger partial charge in [-0.05, 0) is 45.7 Å². The van der Waals surface area contributed by atoms with Gasteiger partial charge in [-0.1, -0.05) is 0 Å². The normalized spacial score (nSPS) is 18.1. The smallest absolute Gasteiger partial charge is 0.0596 e. The third-order valence-electron chi connectivity index (χ3n) is 3.28. The Morgan fingerprint density at radius 2 is 2.33 bits per heavy atom. The van der Waals surface area contributed by atoms with E-state index in [2.05, 4.69) is 42.1 Å². The number of nitrogens with one attached hydrogen (secondary N) is 1. The lowest BCUT2D eigenvalue weighted by molar-refractivity contribution is 0.477. The fourth-order valence-electron chi connectivity index (χ4n) is 2.27. The molecule has 0 aliphatic heterocycles. The van der Waals surface area contributed by atoms with Crippen molar-refractivity contribution in [3.05, 3.63) is 17.5 Å². The van der Waals surface area contributed by atoms with Gasteiger partial charge in [-0.3, -0.25) is 4.68 Å². The van der Waals surface area contributed by atoms with Crippen molar-refractivity contribution in [2.45, 2.75) is 45.7 Å². The number of aryl methyl sites for hydroxylation is 2. The van der Waals surface area contributed by atoms with Crippen LogP contribution in [0.1, 0.15) is 31.2 Å². The van der Waals surface area contributed by atoms with Gasteiger partial charge in [0.05, 0.1) is 5.69 Å². The second-order valence-corrected chi connectivity index (χ2v) is 4.53. The van der Waals surface area contributed by atoms with E-state index in [1.807, 2.05) is 0 Å². The fourth-order valence-corrected chi connectivity index (χ4v) is 2.27. The minimum absolute atomic E-state index is 0.645. The minimum atomic E-state index is 0.645. The van der Waals surface area contributed by atoms with Crippen LogP contribution in [0.4, 0.5) is 0 Å². The molecule has 1 aromatic rings. The first-order valence-electron chi connectivity index (χ1n) is 5.95. The molecule has 84 valence electrons. The Hall–Kier alpha value is -0.830. The Morgan fingerprint density at radius 1 is 1.60 bits per heavy atom. The van der Waals surface area contributed by atoms with Gasteiger partial charge in [-0.15, -0.1) is 0 Å². The molecule has 0 spiro atoms. The molecule has 2 rings (SSSR count). The summed E-state index contributed by atoms with van der Waals surface area (Å²) in [5.74, 6) is 0.899. The molecule has 15 heavy (non-hydrogen) atoms. The monoisotopic (exact) mass is 207 g/mol. The molecule has 0 radical (unpaired) electrons. The molecule has 1 heterocycles. The molecule has 0 aromatic carbocycles. The number of likely N-dealkylation sites (N-methyl/N-ethyl adjacent to an activating group) is 1. The molecule has 3 heteroatoms. The highest BCUT2D eigenvalue weighted by Crippen LogP contribution is 2.33. The lowest BCUT2D eigenvalue weighted by atomic mass is 10.1. The van der Waals surface area contributed by atoms with Crippen LogP contribution in [0.25, 0.3) is 0 Å². The number of rotatable bonds is 5. The van der Waals surface area contributed by atoms with Crippen molar-refractivity contribution in [1.29, 1.82) is 0 Å². The molecule has 1 aliphatic rings. The summed E-state index contributed by atoms with van der Waals surface area (Å²) < 4.78 is 2.13. The molecule has 0 saturated heterocycles. The first kappa shape index (κ1) is 10.7. The number of hydrogen-bond acceptors (Lipinski definition) is 2. The molecular formula is C12H21N3. The lowest BCUT2D eigenvalue weighted by Gasteiger charge is -2.15. The van der Waals surface area contributed by atoms with Crippen LogP contribution in [0.3, 0.4) is 0 Å². The number of aromatic nitrogens is 2. The third-order valence-corrected chi connectivity index (χ3v) is 3.28. The van der Waals surface area contributed by atoms with Crippen LogP contribution in [0, 0.1) is 12.8 Å². The average molecular weight is 207 g/mol. The SMILES string of the molecule is CCn1nc(C)cc1CC(NC)C1CC1. The highest BCUT2D eigenvalue weighted by molar-refractivity contribution is 5.11. The van der Waals surface area contributed by atoms with Crippen molar-refractivity contribution < 1.29 is 0 Å². The molecule has 0 bridgehead atoms. The highest BCUT2D eigenvalue weighted by Gasteiger charge is 2.30. The molecule has 1 fully saturated rings. The van der Waals surface area contributed by atoms with Gasteiger partial charge in [0.25, 0.3) is 0 Å². The summed E-state index contributed by atoms with van der Waals surface area (Å²) in [7, 11) is 2.07. The number of nitrogens with zero attached hydrogens (tertiary/aromatic N) is 2. The molecule has 1 aromatic heterocycles. The zero-order valence-corrected chi connectivity index (χ0v) is 9.95. The van der Waals surface area contributed by atoms with Crippen molar-refractivity contribution in [3.63, 3.8) is 0 Å². The van der Waals surface area contributed by atoms with Crippen molar-refractivity contribution >= 4 is 0 Å². The molecule has 0 amide bonds. The zero-order chi connectivity index (χ0) is 10.8. The maximum absolute atomic E-state index is 4.49. The van der Waals surface area contributed by atoms with Gasteiger partial charge >= 0.3 is 0 Å². The second kappa shape index (κ2) is 4.35. The Labute approximate surface area is 91.9 Å². The molecular weight excluding hydrogens is 186 g/mol. The van der Waals surface area contributed by atoms with Crippen molar-refractivity contribution in [2.24, 2.45) is 5.92 Å². The number of hydrogen-bond donors (Lipinski definition) is 1. The second-order valence-electron chi connectivity index (χ2n) is 4.53. The van der Waals surface area contributed by atoms with Crippen LogP contribution in [-0.2, 0) is 13.0 Å². The predicted octanol–water partition coefficient (Wildman–Crippen LogP) is 1.75. The summed E-state index contributed by atoms with van der Waals surface area (Å²) in [4.78, 5) is 0.